The molecule has 3 aromatic rings. The molecule has 0 aliphatic rings. The molecule has 124 valence electrons. The molecule has 3 heterocycles. The van der Waals surface area contributed by atoms with Crippen molar-refractivity contribution >= 4 is 33.2 Å². The Morgan fingerprint density at radius 2 is 2.25 bits per heavy atom. The van der Waals surface area contributed by atoms with Crippen molar-refractivity contribution in [2.45, 2.75) is 27.2 Å². The number of amides is 1. The number of furan rings is 1. The van der Waals surface area contributed by atoms with E-state index in [1.54, 1.807) is 19.1 Å². The summed E-state index contributed by atoms with van der Waals surface area (Å²) in [5, 5.41) is 4.56. The number of hydrazone groups is 1. The molecule has 24 heavy (non-hydrogen) atoms. The van der Waals surface area contributed by atoms with E-state index < -0.39 is 0 Å². The number of thiophene rings is 1. The van der Waals surface area contributed by atoms with Gasteiger partial charge in [-0.3, -0.25) is 9.59 Å². The Bertz CT molecular complexity index is 983. The summed E-state index contributed by atoms with van der Waals surface area (Å²) in [6.45, 7) is 5.56. The van der Waals surface area contributed by atoms with E-state index in [1.807, 2.05) is 13.8 Å². The Labute approximate surface area is 141 Å². The Balaban J connectivity index is 1.76. The third-order valence-corrected chi connectivity index (χ3v) is 4.74. The number of fused-ring (bicyclic) bond motifs is 1. The molecule has 0 bridgehead atoms. The highest BCUT2D eigenvalue weighted by atomic mass is 32.1. The molecule has 1 amide bonds. The predicted octanol–water partition coefficient (Wildman–Crippen LogP) is 2.28. The summed E-state index contributed by atoms with van der Waals surface area (Å²) in [5.74, 6) is 0.526. The molecule has 0 radical (unpaired) electrons. The van der Waals surface area contributed by atoms with Crippen LogP contribution in [0.4, 0.5) is 0 Å². The van der Waals surface area contributed by atoms with Crippen molar-refractivity contribution in [2.24, 2.45) is 5.10 Å². The lowest BCUT2D eigenvalue weighted by molar-refractivity contribution is -0.120. The SMILES string of the molecule is C/C(=N/NC(=O)Cc1nc2sc(C)c(C)c2c(=O)[nH]1)c1ccco1. The lowest BCUT2D eigenvalue weighted by atomic mass is 10.2. The maximum Gasteiger partial charge on any atom is 0.259 e. The van der Waals surface area contributed by atoms with E-state index in [0.29, 0.717) is 27.5 Å². The van der Waals surface area contributed by atoms with Gasteiger partial charge in [-0.05, 0) is 38.5 Å². The zero-order valence-corrected chi connectivity index (χ0v) is 14.3. The Kier molecular flexibility index (Phi) is 4.30. The molecule has 0 atom stereocenters. The first kappa shape index (κ1) is 16.1. The predicted molar refractivity (Wildman–Crippen MR) is 92.5 cm³/mol. The van der Waals surface area contributed by atoms with Gasteiger partial charge in [-0.15, -0.1) is 11.3 Å². The van der Waals surface area contributed by atoms with Gasteiger partial charge >= 0.3 is 0 Å². The molecule has 0 saturated carbocycles. The molecule has 0 aromatic carbocycles. The summed E-state index contributed by atoms with van der Waals surface area (Å²) in [5.41, 5.74) is 3.69. The number of rotatable bonds is 4. The second kappa shape index (κ2) is 6.40. The highest BCUT2D eigenvalue weighted by Crippen LogP contribution is 2.25. The summed E-state index contributed by atoms with van der Waals surface area (Å²) >= 11 is 1.45. The van der Waals surface area contributed by atoms with Gasteiger partial charge in [-0.1, -0.05) is 0 Å². The van der Waals surface area contributed by atoms with Gasteiger partial charge in [0.25, 0.3) is 5.56 Å². The normalized spacial score (nSPS) is 11.9. The van der Waals surface area contributed by atoms with Gasteiger partial charge in [0.15, 0.2) is 0 Å². The van der Waals surface area contributed by atoms with Gasteiger partial charge in [0.05, 0.1) is 18.1 Å². The zero-order valence-electron chi connectivity index (χ0n) is 13.5. The smallest absolute Gasteiger partial charge is 0.259 e. The molecule has 0 fully saturated rings. The van der Waals surface area contributed by atoms with Crippen molar-refractivity contribution in [3.8, 4) is 0 Å². The number of carbonyl (C=O) groups excluding carboxylic acids is 1. The number of nitrogens with zero attached hydrogens (tertiary/aromatic N) is 2. The van der Waals surface area contributed by atoms with Gasteiger partial charge in [-0.25, -0.2) is 10.4 Å². The fourth-order valence-electron chi connectivity index (χ4n) is 2.26. The van der Waals surface area contributed by atoms with Crippen LogP contribution in [0.1, 0.15) is 28.9 Å². The zero-order chi connectivity index (χ0) is 17.3. The van der Waals surface area contributed by atoms with E-state index in [0.717, 1.165) is 10.4 Å². The minimum atomic E-state index is -0.367. The number of hydrogen-bond donors (Lipinski definition) is 2. The molecule has 3 rings (SSSR count). The van der Waals surface area contributed by atoms with Crippen LogP contribution in [0.2, 0.25) is 0 Å². The van der Waals surface area contributed by atoms with Crippen molar-refractivity contribution in [2.75, 3.05) is 0 Å². The van der Waals surface area contributed by atoms with Crippen LogP contribution in [0.5, 0.6) is 0 Å². The second-order valence-corrected chi connectivity index (χ2v) is 6.57. The van der Waals surface area contributed by atoms with Gasteiger partial charge in [-0.2, -0.15) is 5.10 Å². The Morgan fingerprint density at radius 3 is 2.96 bits per heavy atom. The van der Waals surface area contributed by atoms with E-state index in [1.165, 1.54) is 17.6 Å². The molecule has 8 heteroatoms. The van der Waals surface area contributed by atoms with E-state index in [2.05, 4.69) is 20.5 Å². The third kappa shape index (κ3) is 3.13. The standard InChI is InChI=1S/C16H16N4O3S/c1-8-10(3)24-16-14(8)15(22)17-12(18-16)7-13(21)20-19-9(2)11-5-4-6-23-11/h4-6H,7H2,1-3H3,(H,20,21)(H,17,18,22)/b19-9-. The summed E-state index contributed by atoms with van der Waals surface area (Å²) in [7, 11) is 0. The van der Waals surface area contributed by atoms with Crippen LogP contribution in [-0.2, 0) is 11.2 Å². The quantitative estimate of drug-likeness (QED) is 0.560. The topological polar surface area (TPSA) is 100 Å². The molecule has 0 spiro atoms. The van der Waals surface area contributed by atoms with Crippen molar-refractivity contribution in [1.82, 2.24) is 15.4 Å². The Morgan fingerprint density at radius 1 is 1.46 bits per heavy atom. The first-order chi connectivity index (χ1) is 11.5. The van der Waals surface area contributed by atoms with Crippen molar-refractivity contribution in [3.63, 3.8) is 0 Å². The number of H-pyrrole nitrogens is 1. The largest absolute Gasteiger partial charge is 0.463 e. The van der Waals surface area contributed by atoms with Crippen molar-refractivity contribution in [3.05, 3.63) is 50.8 Å². The van der Waals surface area contributed by atoms with Gasteiger partial charge in [0.2, 0.25) is 5.91 Å². The average Bonchev–Trinajstić information content (AvgIpc) is 3.14. The minimum Gasteiger partial charge on any atom is -0.463 e. The number of hydrogen-bond acceptors (Lipinski definition) is 6. The minimum absolute atomic E-state index is 0.0594. The maximum atomic E-state index is 12.2. The molecule has 0 aliphatic carbocycles. The van der Waals surface area contributed by atoms with E-state index in [4.69, 9.17) is 4.42 Å². The van der Waals surface area contributed by atoms with E-state index in [9.17, 15) is 9.59 Å². The van der Waals surface area contributed by atoms with E-state index in [-0.39, 0.29) is 17.9 Å². The fourth-order valence-corrected chi connectivity index (χ4v) is 3.31. The highest BCUT2D eigenvalue weighted by Gasteiger charge is 2.13. The highest BCUT2D eigenvalue weighted by molar-refractivity contribution is 7.18. The van der Waals surface area contributed by atoms with Crippen molar-refractivity contribution < 1.29 is 9.21 Å². The third-order valence-electron chi connectivity index (χ3n) is 3.64. The number of carbonyl (C=O) groups is 1. The molecule has 0 saturated heterocycles. The molecule has 7 nitrogen and oxygen atoms in total. The number of aromatic amines is 1. The van der Waals surface area contributed by atoms with Crippen molar-refractivity contribution in [1.29, 1.82) is 0 Å². The number of aryl methyl sites for hydroxylation is 2. The lowest BCUT2D eigenvalue weighted by Crippen LogP contribution is -2.24. The van der Waals surface area contributed by atoms with Gasteiger partial charge in [0, 0.05) is 4.88 Å². The summed E-state index contributed by atoms with van der Waals surface area (Å²) < 4.78 is 5.18. The maximum absolute atomic E-state index is 12.2. The van der Waals surface area contributed by atoms with Gasteiger partial charge < -0.3 is 9.40 Å². The summed E-state index contributed by atoms with van der Waals surface area (Å²) in [6.07, 6.45) is 1.47. The van der Waals surface area contributed by atoms with Gasteiger partial charge in [0.1, 0.15) is 22.1 Å². The summed E-state index contributed by atoms with van der Waals surface area (Å²) in [6, 6.07) is 3.49. The molecular formula is C16H16N4O3S. The summed E-state index contributed by atoms with van der Waals surface area (Å²) in [4.78, 5) is 32.9. The molecule has 0 unspecified atom stereocenters. The molecule has 0 aliphatic heterocycles. The van der Waals surface area contributed by atoms with Crippen LogP contribution in [-0.4, -0.2) is 21.6 Å². The fraction of sp³-hybridized carbons (Fsp3) is 0.250. The van der Waals surface area contributed by atoms with Crippen LogP contribution in [0, 0.1) is 13.8 Å². The molecule has 2 N–H and O–H groups in total. The lowest BCUT2D eigenvalue weighted by Gasteiger charge is -2.02. The number of aromatic nitrogens is 2. The second-order valence-electron chi connectivity index (χ2n) is 5.36. The van der Waals surface area contributed by atoms with Crippen LogP contribution in [0.3, 0.4) is 0 Å². The number of nitrogens with one attached hydrogen (secondary N) is 2. The monoisotopic (exact) mass is 344 g/mol. The first-order valence-corrected chi connectivity index (χ1v) is 8.13. The average molecular weight is 344 g/mol. The van der Waals surface area contributed by atoms with Crippen LogP contribution < -0.4 is 11.0 Å². The van der Waals surface area contributed by atoms with E-state index >= 15 is 0 Å². The Hall–Kier alpha value is -2.74. The first-order valence-electron chi connectivity index (χ1n) is 7.31. The van der Waals surface area contributed by atoms with Crippen LogP contribution in [0.25, 0.3) is 10.2 Å². The molecular weight excluding hydrogens is 328 g/mol. The molecule has 3 aromatic heterocycles. The van der Waals surface area contributed by atoms with Crippen LogP contribution >= 0.6 is 11.3 Å². The van der Waals surface area contributed by atoms with Crippen LogP contribution in [0.15, 0.2) is 32.7 Å².